The van der Waals surface area contributed by atoms with Gasteiger partial charge in [-0.25, -0.2) is 4.98 Å². The Kier molecular flexibility index (Phi) is 4.99. The van der Waals surface area contributed by atoms with E-state index in [1.165, 1.54) is 22.2 Å². The van der Waals surface area contributed by atoms with Gasteiger partial charge >= 0.3 is 5.97 Å². The van der Waals surface area contributed by atoms with Gasteiger partial charge in [-0.3, -0.25) is 14.2 Å². The molecule has 0 N–H and O–H groups in total. The van der Waals surface area contributed by atoms with Gasteiger partial charge in [-0.2, -0.15) is 0 Å². The van der Waals surface area contributed by atoms with Gasteiger partial charge in [-0.15, -0.1) is 11.3 Å². The number of ether oxygens (including phenoxy) is 1. The summed E-state index contributed by atoms with van der Waals surface area (Å²) in [4.78, 5) is 31.1. The molecule has 3 rings (SSSR count). The molecule has 2 heterocycles. The van der Waals surface area contributed by atoms with Gasteiger partial charge in [0.05, 0.1) is 17.8 Å². The minimum absolute atomic E-state index is 0.130. The Morgan fingerprint density at radius 3 is 2.72 bits per heavy atom. The molecular weight excluding hydrogens is 336 g/mol. The largest absolute Gasteiger partial charge is 0.461 e. The Hall–Kier alpha value is -2.47. The first-order valence-electron chi connectivity index (χ1n) is 8.24. The number of nitrogens with zero attached hydrogens (tertiary/aromatic N) is 2. The lowest BCUT2D eigenvalue weighted by Gasteiger charge is -2.11. The van der Waals surface area contributed by atoms with E-state index in [1.54, 1.807) is 0 Å². The molecule has 0 saturated carbocycles. The number of fused-ring (bicyclic) bond motifs is 1. The maximum Gasteiger partial charge on any atom is 0.326 e. The third kappa shape index (κ3) is 3.49. The molecule has 3 aromatic rings. The molecule has 1 aromatic carbocycles. The summed E-state index contributed by atoms with van der Waals surface area (Å²) in [5, 5.41) is 0.563. The van der Waals surface area contributed by atoms with E-state index < -0.39 is 5.97 Å². The summed E-state index contributed by atoms with van der Waals surface area (Å²) in [6.07, 6.45) is 2.00. The maximum atomic E-state index is 12.9. The molecule has 0 fully saturated rings. The second-order valence-corrected chi connectivity index (χ2v) is 7.17. The standard InChI is InChI=1S/C19H20N2O3S/c1-4-12(2)24-15(22)10-21-11-20-18-17(19(21)23)16(13(3)25-18)14-8-6-5-7-9-14/h5-9,11-12H,4,10H2,1-3H3/t12-/m1/s1. The zero-order valence-corrected chi connectivity index (χ0v) is 15.3. The van der Waals surface area contributed by atoms with E-state index in [-0.39, 0.29) is 18.2 Å². The lowest BCUT2D eigenvalue weighted by molar-refractivity contribution is -0.149. The molecule has 0 aliphatic heterocycles. The van der Waals surface area contributed by atoms with Crippen LogP contribution in [0.3, 0.4) is 0 Å². The number of thiophene rings is 1. The molecule has 0 radical (unpaired) electrons. The van der Waals surface area contributed by atoms with Crippen molar-refractivity contribution in [2.45, 2.75) is 39.8 Å². The molecule has 0 aliphatic carbocycles. The van der Waals surface area contributed by atoms with Crippen molar-refractivity contribution >= 4 is 27.5 Å². The first-order valence-corrected chi connectivity index (χ1v) is 9.06. The Bertz CT molecular complexity index is 960. The van der Waals surface area contributed by atoms with E-state index in [0.29, 0.717) is 10.2 Å². The average Bonchev–Trinajstić information content (AvgIpc) is 2.95. The second-order valence-electron chi connectivity index (χ2n) is 5.97. The SMILES string of the molecule is CC[C@@H](C)OC(=O)Cn1cnc2sc(C)c(-c3ccccc3)c2c1=O. The fourth-order valence-electron chi connectivity index (χ4n) is 2.69. The number of hydrogen-bond donors (Lipinski definition) is 0. The van der Waals surface area contributed by atoms with Crippen LogP contribution in [0.1, 0.15) is 25.1 Å². The topological polar surface area (TPSA) is 61.2 Å². The number of aryl methyl sites for hydroxylation is 1. The van der Waals surface area contributed by atoms with Gasteiger partial charge in [-0.05, 0) is 25.8 Å². The van der Waals surface area contributed by atoms with E-state index in [0.717, 1.165) is 22.4 Å². The minimum Gasteiger partial charge on any atom is -0.461 e. The van der Waals surface area contributed by atoms with Crippen LogP contribution >= 0.6 is 11.3 Å². The number of carbonyl (C=O) groups is 1. The third-order valence-corrected chi connectivity index (χ3v) is 5.14. The summed E-state index contributed by atoms with van der Waals surface area (Å²) < 4.78 is 6.59. The fourth-order valence-corrected chi connectivity index (χ4v) is 3.69. The summed E-state index contributed by atoms with van der Waals surface area (Å²) in [6.45, 7) is 5.63. The number of rotatable bonds is 5. The Morgan fingerprint density at radius 2 is 2.04 bits per heavy atom. The number of hydrogen-bond acceptors (Lipinski definition) is 5. The summed E-state index contributed by atoms with van der Waals surface area (Å²) in [5.74, 6) is -0.425. The average molecular weight is 356 g/mol. The van der Waals surface area contributed by atoms with Crippen LogP contribution in [0.15, 0.2) is 41.5 Å². The Morgan fingerprint density at radius 1 is 1.32 bits per heavy atom. The molecular formula is C19H20N2O3S. The van der Waals surface area contributed by atoms with Crippen LogP contribution < -0.4 is 5.56 Å². The van der Waals surface area contributed by atoms with E-state index in [2.05, 4.69) is 4.98 Å². The molecule has 0 spiro atoms. The van der Waals surface area contributed by atoms with Gasteiger partial charge in [0.1, 0.15) is 11.4 Å². The predicted octanol–water partition coefficient (Wildman–Crippen LogP) is 3.78. The third-order valence-electron chi connectivity index (χ3n) is 4.12. The minimum atomic E-state index is -0.425. The van der Waals surface area contributed by atoms with Crippen LogP contribution in [0.5, 0.6) is 0 Å². The van der Waals surface area contributed by atoms with Crippen LogP contribution in [-0.4, -0.2) is 21.6 Å². The number of aromatic nitrogens is 2. The van der Waals surface area contributed by atoms with Gasteiger partial charge in [0.2, 0.25) is 0 Å². The number of esters is 1. The van der Waals surface area contributed by atoms with E-state index in [1.807, 2.05) is 51.1 Å². The normalized spacial score (nSPS) is 12.3. The molecule has 25 heavy (non-hydrogen) atoms. The van der Waals surface area contributed by atoms with Gasteiger partial charge < -0.3 is 4.74 Å². The molecule has 2 aromatic heterocycles. The van der Waals surface area contributed by atoms with Crippen LogP contribution in [-0.2, 0) is 16.1 Å². The van der Waals surface area contributed by atoms with Gasteiger partial charge in [0.25, 0.3) is 5.56 Å². The summed E-state index contributed by atoms with van der Waals surface area (Å²) in [7, 11) is 0. The molecule has 0 aliphatic rings. The van der Waals surface area contributed by atoms with Crippen molar-refractivity contribution in [3.05, 3.63) is 51.9 Å². The highest BCUT2D eigenvalue weighted by Crippen LogP contribution is 2.35. The summed E-state index contributed by atoms with van der Waals surface area (Å²) in [5.41, 5.74) is 1.65. The smallest absolute Gasteiger partial charge is 0.326 e. The summed E-state index contributed by atoms with van der Waals surface area (Å²) in [6, 6.07) is 9.77. The Labute approximate surface area is 149 Å². The molecule has 0 amide bonds. The molecule has 130 valence electrons. The van der Waals surface area contributed by atoms with Crippen molar-refractivity contribution in [1.82, 2.24) is 9.55 Å². The zero-order chi connectivity index (χ0) is 18.0. The second kappa shape index (κ2) is 7.19. The van der Waals surface area contributed by atoms with Crippen LogP contribution in [0.4, 0.5) is 0 Å². The van der Waals surface area contributed by atoms with Gasteiger partial charge in [-0.1, -0.05) is 37.3 Å². The van der Waals surface area contributed by atoms with E-state index in [4.69, 9.17) is 4.74 Å². The number of benzene rings is 1. The first-order chi connectivity index (χ1) is 12.0. The van der Waals surface area contributed by atoms with Crippen molar-refractivity contribution in [1.29, 1.82) is 0 Å². The highest BCUT2D eigenvalue weighted by atomic mass is 32.1. The van der Waals surface area contributed by atoms with Gasteiger partial charge in [0.15, 0.2) is 0 Å². The monoisotopic (exact) mass is 356 g/mol. The highest BCUT2D eigenvalue weighted by molar-refractivity contribution is 7.19. The molecule has 0 saturated heterocycles. The van der Waals surface area contributed by atoms with Gasteiger partial charge in [0, 0.05) is 10.4 Å². The van der Waals surface area contributed by atoms with E-state index >= 15 is 0 Å². The molecule has 0 unspecified atom stereocenters. The lowest BCUT2D eigenvalue weighted by Crippen LogP contribution is -2.27. The predicted molar refractivity (Wildman–Crippen MR) is 99.9 cm³/mol. The van der Waals surface area contributed by atoms with Crippen molar-refractivity contribution in [2.75, 3.05) is 0 Å². The van der Waals surface area contributed by atoms with Crippen molar-refractivity contribution in [2.24, 2.45) is 0 Å². The van der Waals surface area contributed by atoms with Crippen LogP contribution in [0.2, 0.25) is 0 Å². The highest BCUT2D eigenvalue weighted by Gasteiger charge is 2.18. The van der Waals surface area contributed by atoms with E-state index in [9.17, 15) is 9.59 Å². The Balaban J connectivity index is 2.05. The van der Waals surface area contributed by atoms with Crippen molar-refractivity contribution in [3.63, 3.8) is 0 Å². The van der Waals surface area contributed by atoms with Crippen LogP contribution in [0, 0.1) is 6.92 Å². The quantitative estimate of drug-likeness (QED) is 0.653. The summed E-state index contributed by atoms with van der Waals surface area (Å²) >= 11 is 1.49. The number of carbonyl (C=O) groups excluding carboxylic acids is 1. The lowest BCUT2D eigenvalue weighted by atomic mass is 10.0. The molecule has 5 nitrogen and oxygen atoms in total. The zero-order valence-electron chi connectivity index (χ0n) is 14.5. The first kappa shape index (κ1) is 17.4. The fraction of sp³-hybridized carbons (Fsp3) is 0.316. The van der Waals surface area contributed by atoms with Crippen LogP contribution in [0.25, 0.3) is 21.3 Å². The van der Waals surface area contributed by atoms with Crippen molar-refractivity contribution in [3.8, 4) is 11.1 Å². The molecule has 6 heteroatoms. The maximum absolute atomic E-state index is 12.9. The molecule has 1 atom stereocenters. The van der Waals surface area contributed by atoms with Crippen molar-refractivity contribution < 1.29 is 9.53 Å². The molecule has 0 bridgehead atoms.